The standard InChI is InChI=1S/C12H5BrClF2N3O2/c13-7-2-1-6(3-8(7)14)11-9(4-17)18(12(15)16)5-10(11)19(20)21/h1-3,5,12H. The van der Waals surface area contributed by atoms with Crippen LogP contribution < -0.4 is 0 Å². The molecule has 0 saturated heterocycles. The number of benzene rings is 1. The fourth-order valence-corrected chi connectivity index (χ4v) is 2.28. The lowest BCUT2D eigenvalue weighted by molar-refractivity contribution is -0.384. The number of halogens is 4. The van der Waals surface area contributed by atoms with Gasteiger partial charge in [0.25, 0.3) is 5.69 Å². The van der Waals surface area contributed by atoms with Crippen LogP contribution in [0.5, 0.6) is 0 Å². The molecule has 2 aromatic rings. The maximum Gasteiger partial charge on any atom is 0.319 e. The number of nitrogens with zero attached hydrogens (tertiary/aromatic N) is 3. The van der Waals surface area contributed by atoms with E-state index in [9.17, 15) is 18.9 Å². The van der Waals surface area contributed by atoms with E-state index >= 15 is 0 Å². The summed E-state index contributed by atoms with van der Waals surface area (Å²) in [5.74, 6) is 0. The number of aromatic nitrogens is 1. The first-order valence-corrected chi connectivity index (χ1v) is 6.56. The Balaban J connectivity index is 2.80. The SMILES string of the molecule is N#Cc1c(-c2ccc(Br)c(Cl)c2)c([N+](=O)[O-])cn1C(F)F. The molecular formula is C12H5BrClF2N3O2. The van der Waals surface area contributed by atoms with E-state index in [0.717, 1.165) is 0 Å². The maximum atomic E-state index is 12.9. The molecular weight excluding hydrogens is 372 g/mol. The Labute approximate surface area is 130 Å². The Hall–Kier alpha value is -1.98. The third-order valence-corrected chi connectivity index (χ3v) is 3.97. The highest BCUT2D eigenvalue weighted by Crippen LogP contribution is 2.39. The van der Waals surface area contributed by atoms with Crippen molar-refractivity contribution in [2.75, 3.05) is 0 Å². The predicted molar refractivity (Wildman–Crippen MR) is 75.2 cm³/mol. The van der Waals surface area contributed by atoms with Crippen molar-refractivity contribution in [2.24, 2.45) is 0 Å². The average Bonchev–Trinajstić information content (AvgIpc) is 2.81. The molecule has 0 saturated carbocycles. The van der Waals surface area contributed by atoms with Gasteiger partial charge in [-0.15, -0.1) is 0 Å². The molecule has 2 rings (SSSR count). The summed E-state index contributed by atoms with van der Waals surface area (Å²) < 4.78 is 26.6. The summed E-state index contributed by atoms with van der Waals surface area (Å²) in [5, 5.41) is 20.4. The topological polar surface area (TPSA) is 71.9 Å². The number of hydrogen-bond donors (Lipinski definition) is 0. The Kier molecular flexibility index (Phi) is 4.25. The van der Waals surface area contributed by atoms with Gasteiger partial charge in [-0.2, -0.15) is 14.0 Å². The van der Waals surface area contributed by atoms with Gasteiger partial charge in [0.05, 0.1) is 21.7 Å². The molecule has 9 heteroatoms. The van der Waals surface area contributed by atoms with Crippen LogP contribution in [0.25, 0.3) is 11.1 Å². The number of hydrogen-bond acceptors (Lipinski definition) is 3. The average molecular weight is 377 g/mol. The molecule has 5 nitrogen and oxygen atoms in total. The van der Waals surface area contributed by atoms with Crippen LogP contribution in [0.15, 0.2) is 28.9 Å². The van der Waals surface area contributed by atoms with Gasteiger partial charge in [-0.25, -0.2) is 0 Å². The summed E-state index contributed by atoms with van der Waals surface area (Å²) in [6.45, 7) is -3.06. The van der Waals surface area contributed by atoms with Crippen LogP contribution in [-0.2, 0) is 0 Å². The second-order valence-corrected chi connectivity index (χ2v) is 5.18. The molecule has 21 heavy (non-hydrogen) atoms. The van der Waals surface area contributed by atoms with Crippen LogP contribution in [0, 0.1) is 21.4 Å². The van der Waals surface area contributed by atoms with Gasteiger partial charge in [-0.05, 0) is 33.6 Å². The molecule has 0 spiro atoms. The van der Waals surface area contributed by atoms with Crippen LogP contribution in [0.2, 0.25) is 5.02 Å². The first-order valence-electron chi connectivity index (χ1n) is 5.39. The smallest absolute Gasteiger partial charge is 0.275 e. The molecule has 108 valence electrons. The summed E-state index contributed by atoms with van der Waals surface area (Å²) in [7, 11) is 0. The van der Waals surface area contributed by atoms with Crippen molar-refractivity contribution in [3.8, 4) is 17.2 Å². The highest BCUT2D eigenvalue weighted by Gasteiger charge is 2.28. The van der Waals surface area contributed by atoms with Crippen molar-refractivity contribution < 1.29 is 13.7 Å². The molecule has 0 fully saturated rings. The Morgan fingerprint density at radius 3 is 2.62 bits per heavy atom. The fraction of sp³-hybridized carbons (Fsp3) is 0.0833. The maximum absolute atomic E-state index is 12.9. The zero-order valence-corrected chi connectivity index (χ0v) is 12.4. The van der Waals surface area contributed by atoms with Crippen molar-refractivity contribution in [2.45, 2.75) is 6.55 Å². The molecule has 0 N–H and O–H groups in total. The van der Waals surface area contributed by atoms with Crippen molar-refractivity contribution in [1.29, 1.82) is 5.26 Å². The zero-order chi connectivity index (χ0) is 15.7. The van der Waals surface area contributed by atoms with Crippen molar-refractivity contribution >= 4 is 33.2 Å². The Bertz CT molecular complexity index is 771. The fourth-order valence-electron chi connectivity index (χ4n) is 1.85. The minimum atomic E-state index is -3.06. The number of rotatable bonds is 3. The first kappa shape index (κ1) is 15.4. The molecule has 0 bridgehead atoms. The van der Waals surface area contributed by atoms with Gasteiger partial charge < -0.3 is 0 Å². The van der Waals surface area contributed by atoms with E-state index in [0.29, 0.717) is 10.7 Å². The monoisotopic (exact) mass is 375 g/mol. The Morgan fingerprint density at radius 1 is 1.48 bits per heavy atom. The lowest BCUT2D eigenvalue weighted by Crippen LogP contribution is -1.99. The van der Waals surface area contributed by atoms with Crippen LogP contribution >= 0.6 is 27.5 Å². The Morgan fingerprint density at radius 2 is 2.14 bits per heavy atom. The number of nitro groups is 1. The van der Waals surface area contributed by atoms with Crippen molar-refractivity contribution in [3.05, 3.63) is 49.7 Å². The summed E-state index contributed by atoms with van der Waals surface area (Å²) in [5.41, 5.74) is -1.04. The third-order valence-electron chi connectivity index (χ3n) is 2.73. The molecule has 0 aliphatic heterocycles. The molecule has 0 radical (unpaired) electrons. The van der Waals surface area contributed by atoms with Gasteiger partial charge in [-0.1, -0.05) is 17.7 Å². The number of nitriles is 1. The van der Waals surface area contributed by atoms with Gasteiger partial charge in [0.1, 0.15) is 11.8 Å². The van der Waals surface area contributed by atoms with E-state index in [-0.39, 0.29) is 20.7 Å². The second kappa shape index (κ2) is 5.79. The van der Waals surface area contributed by atoms with E-state index in [2.05, 4.69) is 15.9 Å². The van der Waals surface area contributed by atoms with Gasteiger partial charge in [0, 0.05) is 4.47 Å². The molecule has 0 aliphatic carbocycles. The van der Waals surface area contributed by atoms with Crippen LogP contribution in [0.1, 0.15) is 12.2 Å². The highest BCUT2D eigenvalue weighted by atomic mass is 79.9. The second-order valence-electron chi connectivity index (χ2n) is 3.92. The van der Waals surface area contributed by atoms with Gasteiger partial charge >= 0.3 is 6.55 Å². The van der Waals surface area contributed by atoms with Crippen LogP contribution in [0.3, 0.4) is 0 Å². The van der Waals surface area contributed by atoms with E-state index in [1.54, 1.807) is 6.07 Å². The summed E-state index contributed by atoms with van der Waals surface area (Å²) >= 11 is 9.06. The van der Waals surface area contributed by atoms with E-state index in [4.69, 9.17) is 16.9 Å². The summed E-state index contributed by atoms with van der Waals surface area (Å²) in [4.78, 5) is 10.2. The van der Waals surface area contributed by atoms with Crippen LogP contribution in [0.4, 0.5) is 14.5 Å². The molecule has 0 atom stereocenters. The van der Waals surface area contributed by atoms with Gasteiger partial charge in [0.2, 0.25) is 0 Å². The van der Waals surface area contributed by atoms with E-state index < -0.39 is 22.9 Å². The lowest BCUT2D eigenvalue weighted by atomic mass is 10.1. The third kappa shape index (κ3) is 2.75. The quantitative estimate of drug-likeness (QED) is 0.573. The normalized spacial score (nSPS) is 10.7. The number of alkyl halides is 2. The first-order chi connectivity index (χ1) is 9.86. The molecule has 0 aliphatic rings. The van der Waals surface area contributed by atoms with Gasteiger partial charge in [0.15, 0.2) is 0 Å². The summed E-state index contributed by atoms with van der Waals surface area (Å²) in [6.07, 6.45) is 0.647. The van der Waals surface area contributed by atoms with Crippen molar-refractivity contribution in [1.82, 2.24) is 4.57 Å². The van der Waals surface area contributed by atoms with Crippen LogP contribution in [-0.4, -0.2) is 9.49 Å². The summed E-state index contributed by atoms with van der Waals surface area (Å²) in [6, 6.07) is 5.91. The lowest BCUT2D eigenvalue weighted by Gasteiger charge is -2.04. The molecule has 0 amide bonds. The minimum Gasteiger partial charge on any atom is -0.275 e. The molecule has 0 unspecified atom stereocenters. The molecule has 1 aromatic carbocycles. The van der Waals surface area contributed by atoms with Gasteiger partial charge in [-0.3, -0.25) is 14.7 Å². The highest BCUT2D eigenvalue weighted by molar-refractivity contribution is 9.10. The van der Waals surface area contributed by atoms with Crippen molar-refractivity contribution in [3.63, 3.8) is 0 Å². The van der Waals surface area contributed by atoms with E-state index in [1.807, 2.05) is 0 Å². The van der Waals surface area contributed by atoms with E-state index in [1.165, 1.54) is 18.2 Å². The largest absolute Gasteiger partial charge is 0.319 e. The predicted octanol–water partition coefficient (Wildman–Crippen LogP) is 4.75. The minimum absolute atomic E-state index is 0.183. The molecule has 1 aromatic heterocycles. The molecule has 1 heterocycles. The zero-order valence-electron chi connectivity index (χ0n) is 10.1.